The maximum absolute atomic E-state index is 13.1. The summed E-state index contributed by atoms with van der Waals surface area (Å²) < 4.78 is 27.5. The van der Waals surface area contributed by atoms with Gasteiger partial charge in [0.25, 0.3) is 10.0 Å². The second-order valence-electron chi connectivity index (χ2n) is 5.73. The molecule has 132 valence electrons. The third-order valence-electron chi connectivity index (χ3n) is 4.35. The summed E-state index contributed by atoms with van der Waals surface area (Å²) in [5.41, 5.74) is 0. The molecule has 0 spiro atoms. The van der Waals surface area contributed by atoms with Gasteiger partial charge in [0.1, 0.15) is 4.90 Å². The Balaban J connectivity index is 1.87. The number of piperazine rings is 1. The largest absolute Gasteiger partial charge is 0.339 e. The lowest BCUT2D eigenvalue weighted by Crippen LogP contribution is -2.53. The molecule has 24 heavy (non-hydrogen) atoms. The van der Waals surface area contributed by atoms with E-state index in [1.807, 2.05) is 4.90 Å². The number of nitrogens with zero attached hydrogens (tertiary/aromatic N) is 4. The fourth-order valence-corrected chi connectivity index (χ4v) is 5.55. The van der Waals surface area contributed by atoms with Crippen molar-refractivity contribution < 1.29 is 8.42 Å². The van der Waals surface area contributed by atoms with Gasteiger partial charge in [-0.2, -0.15) is 0 Å². The van der Waals surface area contributed by atoms with Crippen molar-refractivity contribution in [3.05, 3.63) is 28.2 Å². The molecule has 0 N–H and O–H groups in total. The molecule has 2 heterocycles. The van der Waals surface area contributed by atoms with E-state index in [2.05, 4.69) is 16.8 Å². The maximum atomic E-state index is 13.1. The van der Waals surface area contributed by atoms with Crippen molar-refractivity contribution in [1.82, 2.24) is 14.1 Å². The minimum absolute atomic E-state index is 0.0462. The molecule has 2 aliphatic rings. The van der Waals surface area contributed by atoms with E-state index >= 15 is 0 Å². The summed E-state index contributed by atoms with van der Waals surface area (Å²) in [4.78, 5) is 8.74. The van der Waals surface area contributed by atoms with Gasteiger partial charge in [-0.1, -0.05) is 36.2 Å². The zero-order valence-electron chi connectivity index (χ0n) is 13.5. The third kappa shape index (κ3) is 3.22. The molecule has 1 fully saturated rings. The Morgan fingerprint density at radius 1 is 1.08 bits per heavy atom. The molecule has 1 aromatic carbocycles. The maximum Gasteiger partial charge on any atom is 0.269 e. The normalized spacial score (nSPS) is 19.7. The average molecular weight is 391 g/mol. The molecule has 0 atom stereocenters. The van der Waals surface area contributed by atoms with Crippen LogP contribution in [0.4, 0.5) is 0 Å². The van der Waals surface area contributed by atoms with Crippen LogP contribution >= 0.6 is 23.2 Å². The molecule has 0 bridgehead atoms. The van der Waals surface area contributed by atoms with E-state index in [1.165, 1.54) is 16.4 Å². The Bertz CT molecular complexity index is 726. The number of guanidine groups is 1. The number of sulfonamides is 1. The molecule has 1 aromatic rings. The first-order valence-electron chi connectivity index (χ1n) is 7.93. The highest BCUT2D eigenvalue weighted by Crippen LogP contribution is 2.32. The first-order chi connectivity index (χ1) is 11.4. The fraction of sp³-hybridized carbons (Fsp3) is 0.533. The summed E-state index contributed by atoms with van der Waals surface area (Å²) >= 11 is 12.2. The lowest BCUT2D eigenvalue weighted by Gasteiger charge is -2.37. The van der Waals surface area contributed by atoms with E-state index < -0.39 is 10.0 Å². The van der Waals surface area contributed by atoms with Crippen molar-refractivity contribution in [3.8, 4) is 0 Å². The molecule has 0 aromatic heterocycles. The smallest absolute Gasteiger partial charge is 0.269 e. The Morgan fingerprint density at radius 2 is 1.71 bits per heavy atom. The van der Waals surface area contributed by atoms with Gasteiger partial charge in [0.05, 0.1) is 23.1 Å². The zero-order chi connectivity index (χ0) is 17.3. The second kappa shape index (κ2) is 7.07. The van der Waals surface area contributed by atoms with E-state index in [0.717, 1.165) is 32.7 Å². The summed E-state index contributed by atoms with van der Waals surface area (Å²) in [7, 11) is -3.83. The van der Waals surface area contributed by atoms with E-state index in [1.54, 1.807) is 6.07 Å². The molecule has 0 aliphatic carbocycles. The minimum Gasteiger partial charge on any atom is -0.339 e. The number of likely N-dealkylation sites (N-methyl/N-ethyl adjacent to an activating group) is 1. The SMILES string of the molecule is CCN1CCN(C2=NCCN2S(=O)(=O)c2c(Cl)cccc2Cl)CC1. The van der Waals surface area contributed by atoms with Crippen LogP contribution in [-0.4, -0.2) is 74.3 Å². The summed E-state index contributed by atoms with van der Waals surface area (Å²) in [6.07, 6.45) is 0. The monoisotopic (exact) mass is 390 g/mol. The average Bonchev–Trinajstić information content (AvgIpc) is 3.05. The molecule has 9 heteroatoms. The predicted molar refractivity (Wildman–Crippen MR) is 96.3 cm³/mol. The van der Waals surface area contributed by atoms with Crippen molar-refractivity contribution in [3.63, 3.8) is 0 Å². The molecule has 6 nitrogen and oxygen atoms in total. The van der Waals surface area contributed by atoms with Crippen LogP contribution < -0.4 is 0 Å². The van der Waals surface area contributed by atoms with Gasteiger partial charge in [0.15, 0.2) is 0 Å². The quantitative estimate of drug-likeness (QED) is 0.791. The molecule has 1 saturated heterocycles. The Labute approximate surface area is 152 Å². The molecule has 0 amide bonds. The molecular formula is C15H20Cl2N4O2S. The highest BCUT2D eigenvalue weighted by atomic mass is 35.5. The Morgan fingerprint density at radius 3 is 2.29 bits per heavy atom. The third-order valence-corrected chi connectivity index (χ3v) is 7.08. The highest BCUT2D eigenvalue weighted by Gasteiger charge is 2.37. The zero-order valence-corrected chi connectivity index (χ0v) is 15.8. The highest BCUT2D eigenvalue weighted by molar-refractivity contribution is 7.90. The summed E-state index contributed by atoms with van der Waals surface area (Å²) in [6.45, 7) is 7.20. The van der Waals surface area contributed by atoms with Crippen LogP contribution in [0.25, 0.3) is 0 Å². The van der Waals surface area contributed by atoms with Crippen LogP contribution in [-0.2, 0) is 10.0 Å². The first-order valence-corrected chi connectivity index (χ1v) is 10.1. The van der Waals surface area contributed by atoms with Gasteiger partial charge in [-0.15, -0.1) is 0 Å². The molecule has 0 saturated carbocycles. The number of halogens is 2. The molecule has 0 radical (unpaired) electrons. The van der Waals surface area contributed by atoms with Crippen molar-refractivity contribution >= 4 is 39.2 Å². The van der Waals surface area contributed by atoms with Crippen LogP contribution in [0.1, 0.15) is 6.92 Å². The van der Waals surface area contributed by atoms with E-state index in [0.29, 0.717) is 19.0 Å². The second-order valence-corrected chi connectivity index (χ2v) is 8.34. The van der Waals surface area contributed by atoms with Gasteiger partial charge in [-0.25, -0.2) is 12.7 Å². The van der Waals surface area contributed by atoms with E-state index in [4.69, 9.17) is 23.2 Å². The predicted octanol–water partition coefficient (Wildman–Crippen LogP) is 1.99. The van der Waals surface area contributed by atoms with Gasteiger partial charge in [-0.3, -0.25) is 4.99 Å². The van der Waals surface area contributed by atoms with Crippen LogP contribution in [0, 0.1) is 0 Å². The summed E-state index contributed by atoms with van der Waals surface area (Å²) in [5.74, 6) is 0.502. The van der Waals surface area contributed by atoms with Gasteiger partial charge < -0.3 is 9.80 Å². The molecule has 0 unspecified atom stereocenters. The van der Waals surface area contributed by atoms with Gasteiger partial charge in [0, 0.05) is 26.2 Å². The lowest BCUT2D eigenvalue weighted by atomic mass is 10.3. The number of aliphatic imine (C=N–C) groups is 1. The lowest BCUT2D eigenvalue weighted by molar-refractivity contribution is 0.184. The van der Waals surface area contributed by atoms with Crippen molar-refractivity contribution in [2.45, 2.75) is 11.8 Å². The minimum atomic E-state index is -3.83. The van der Waals surface area contributed by atoms with Crippen molar-refractivity contribution in [1.29, 1.82) is 0 Å². The van der Waals surface area contributed by atoms with E-state index in [-0.39, 0.29) is 14.9 Å². The molecule has 3 rings (SSSR count). The van der Waals surface area contributed by atoms with Crippen LogP contribution in [0.5, 0.6) is 0 Å². The summed E-state index contributed by atoms with van der Waals surface area (Å²) in [6, 6.07) is 4.70. The van der Waals surface area contributed by atoms with Crippen LogP contribution in [0.2, 0.25) is 10.0 Å². The van der Waals surface area contributed by atoms with Gasteiger partial charge in [0.2, 0.25) is 5.96 Å². The topological polar surface area (TPSA) is 56.2 Å². The Hall–Kier alpha value is -1.02. The number of hydrogen-bond donors (Lipinski definition) is 0. The van der Waals surface area contributed by atoms with Crippen LogP contribution in [0.15, 0.2) is 28.1 Å². The number of benzene rings is 1. The van der Waals surface area contributed by atoms with Gasteiger partial charge in [-0.05, 0) is 18.7 Å². The van der Waals surface area contributed by atoms with Crippen LogP contribution in [0.3, 0.4) is 0 Å². The Kier molecular flexibility index (Phi) is 5.24. The van der Waals surface area contributed by atoms with Gasteiger partial charge >= 0.3 is 0 Å². The van der Waals surface area contributed by atoms with E-state index in [9.17, 15) is 8.42 Å². The number of rotatable bonds is 3. The van der Waals surface area contributed by atoms with Crippen molar-refractivity contribution in [2.24, 2.45) is 4.99 Å². The standard InChI is InChI=1S/C15H20Cl2N4O2S/c1-2-19-8-10-20(11-9-19)15-18-6-7-21(15)24(22,23)14-12(16)4-3-5-13(14)17/h3-5H,2,6-11H2,1H3. The molecular weight excluding hydrogens is 371 g/mol. The molecule has 2 aliphatic heterocycles. The fourth-order valence-electron chi connectivity index (χ4n) is 3.01. The van der Waals surface area contributed by atoms with Crippen molar-refractivity contribution in [2.75, 3.05) is 45.8 Å². The first kappa shape index (κ1) is 17.8. The number of hydrogen-bond acceptors (Lipinski definition) is 5. The summed E-state index contributed by atoms with van der Waals surface area (Å²) in [5, 5.41) is 0.258.